The van der Waals surface area contributed by atoms with Gasteiger partial charge in [-0.1, -0.05) is 42.3 Å². The van der Waals surface area contributed by atoms with Crippen LogP contribution in [0.3, 0.4) is 0 Å². The van der Waals surface area contributed by atoms with E-state index < -0.39 is 0 Å². The summed E-state index contributed by atoms with van der Waals surface area (Å²) in [6, 6.07) is 12.1. The van der Waals surface area contributed by atoms with Gasteiger partial charge in [-0.15, -0.1) is 0 Å². The number of halogens is 2. The third-order valence-electron chi connectivity index (χ3n) is 5.18. The average Bonchev–Trinajstić information content (AvgIpc) is 3.14. The maximum atomic E-state index is 6.50. The van der Waals surface area contributed by atoms with Gasteiger partial charge in [-0.2, -0.15) is 0 Å². The topological polar surface area (TPSA) is 33.7 Å². The molecule has 1 fully saturated rings. The van der Waals surface area contributed by atoms with Crippen LogP contribution in [0.2, 0.25) is 10.0 Å². The molecular weight excluding hydrogens is 395 g/mol. The number of nitrogens with one attached hydrogen (secondary N) is 1. The number of ether oxygens (including phenoxy) is 2. The molecule has 0 bridgehead atoms. The molecule has 1 heterocycles. The lowest BCUT2D eigenvalue weighted by Gasteiger charge is -2.23. The number of nitrogens with zero attached hydrogens (tertiary/aromatic N) is 1. The van der Waals surface area contributed by atoms with Gasteiger partial charge in [0.2, 0.25) is 0 Å². The first-order chi connectivity index (χ1) is 13.6. The van der Waals surface area contributed by atoms with E-state index in [1.165, 1.54) is 19.4 Å². The Morgan fingerprint density at radius 1 is 1.18 bits per heavy atom. The highest BCUT2D eigenvalue weighted by Crippen LogP contribution is 2.37. The summed E-state index contributed by atoms with van der Waals surface area (Å²) in [7, 11) is 1.63. The molecule has 0 amide bonds. The Balaban J connectivity index is 1.60. The monoisotopic (exact) mass is 422 g/mol. The van der Waals surface area contributed by atoms with Gasteiger partial charge in [-0.3, -0.25) is 4.90 Å². The minimum Gasteiger partial charge on any atom is -0.493 e. The van der Waals surface area contributed by atoms with Crippen molar-refractivity contribution in [3.05, 3.63) is 57.6 Å². The lowest BCUT2D eigenvalue weighted by Crippen LogP contribution is -2.37. The number of hydrogen-bond donors (Lipinski definition) is 1. The number of likely N-dealkylation sites (tertiary alicyclic amines) is 1. The van der Waals surface area contributed by atoms with Crippen LogP contribution in [0.15, 0.2) is 36.4 Å². The summed E-state index contributed by atoms with van der Waals surface area (Å²) < 4.78 is 11.4. The van der Waals surface area contributed by atoms with Crippen LogP contribution in [0.25, 0.3) is 0 Å². The number of hydrogen-bond acceptors (Lipinski definition) is 4. The van der Waals surface area contributed by atoms with Crippen molar-refractivity contribution in [2.24, 2.45) is 0 Å². The van der Waals surface area contributed by atoms with E-state index >= 15 is 0 Å². The number of benzene rings is 2. The maximum absolute atomic E-state index is 6.50. The van der Waals surface area contributed by atoms with Gasteiger partial charge in [0.05, 0.1) is 12.1 Å². The highest BCUT2D eigenvalue weighted by atomic mass is 35.5. The predicted octanol–water partition coefficient (Wildman–Crippen LogP) is 5.15. The number of rotatable bonds is 9. The first-order valence-corrected chi connectivity index (χ1v) is 10.5. The third-order valence-corrected chi connectivity index (χ3v) is 5.69. The maximum Gasteiger partial charge on any atom is 0.180 e. The molecule has 1 aliphatic heterocycles. The van der Waals surface area contributed by atoms with Crippen LogP contribution in [0.5, 0.6) is 11.5 Å². The molecule has 0 radical (unpaired) electrons. The van der Waals surface area contributed by atoms with E-state index in [9.17, 15) is 0 Å². The lowest BCUT2D eigenvalue weighted by atomic mass is 10.1. The molecule has 28 heavy (non-hydrogen) atoms. The van der Waals surface area contributed by atoms with E-state index in [2.05, 4.69) is 17.1 Å². The summed E-state index contributed by atoms with van der Waals surface area (Å²) in [6.07, 6.45) is 2.56. The van der Waals surface area contributed by atoms with Crippen molar-refractivity contribution in [1.82, 2.24) is 10.2 Å². The summed E-state index contributed by atoms with van der Waals surface area (Å²) in [4.78, 5) is 2.54. The van der Waals surface area contributed by atoms with Crippen LogP contribution < -0.4 is 14.8 Å². The summed E-state index contributed by atoms with van der Waals surface area (Å²) in [5.74, 6) is 1.20. The van der Waals surface area contributed by atoms with Gasteiger partial charge < -0.3 is 14.8 Å². The van der Waals surface area contributed by atoms with Crippen LogP contribution in [0.1, 0.15) is 30.9 Å². The summed E-state index contributed by atoms with van der Waals surface area (Å²) >= 11 is 12.5. The van der Waals surface area contributed by atoms with Crippen molar-refractivity contribution in [2.45, 2.75) is 39.0 Å². The molecule has 1 N–H and O–H groups in total. The molecule has 1 aliphatic rings. The smallest absolute Gasteiger partial charge is 0.180 e. The average molecular weight is 423 g/mol. The molecule has 0 unspecified atom stereocenters. The zero-order valence-corrected chi connectivity index (χ0v) is 18.0. The first kappa shape index (κ1) is 21.3. The molecule has 1 atom stereocenters. The van der Waals surface area contributed by atoms with E-state index in [0.717, 1.165) is 30.8 Å². The molecule has 1 saturated heterocycles. The Kier molecular flexibility index (Phi) is 7.86. The van der Waals surface area contributed by atoms with Crippen LogP contribution in [0.4, 0.5) is 0 Å². The van der Waals surface area contributed by atoms with Crippen molar-refractivity contribution in [1.29, 1.82) is 0 Å². The molecule has 4 nitrogen and oxygen atoms in total. The molecule has 2 aromatic carbocycles. The van der Waals surface area contributed by atoms with Crippen molar-refractivity contribution >= 4 is 23.2 Å². The number of likely N-dealkylation sites (N-methyl/N-ethyl adjacent to an activating group) is 1. The van der Waals surface area contributed by atoms with Gasteiger partial charge in [0.25, 0.3) is 0 Å². The van der Waals surface area contributed by atoms with Crippen LogP contribution in [-0.4, -0.2) is 37.7 Å². The molecule has 2 aromatic rings. The van der Waals surface area contributed by atoms with Crippen LogP contribution >= 0.6 is 23.2 Å². The lowest BCUT2D eigenvalue weighted by molar-refractivity contribution is 0.260. The van der Waals surface area contributed by atoms with Gasteiger partial charge >= 0.3 is 0 Å². The fourth-order valence-corrected chi connectivity index (χ4v) is 4.22. The second-order valence-corrected chi connectivity index (χ2v) is 7.93. The van der Waals surface area contributed by atoms with Crippen molar-refractivity contribution in [3.63, 3.8) is 0 Å². The molecule has 0 aromatic heterocycles. The zero-order valence-electron chi connectivity index (χ0n) is 16.5. The SMILES string of the molecule is CCN1CCC[C@H]1CNCc1cc(Cl)c(OCc2cccc(Cl)c2)c(OC)c1. The molecule has 0 aliphatic carbocycles. The molecule has 0 saturated carbocycles. The van der Waals surface area contributed by atoms with Crippen LogP contribution in [-0.2, 0) is 13.2 Å². The van der Waals surface area contributed by atoms with Gasteiger partial charge in [0, 0.05) is 24.2 Å². The van der Waals surface area contributed by atoms with Gasteiger partial charge in [-0.05, 0) is 61.3 Å². The number of methoxy groups -OCH3 is 1. The molecule has 6 heteroatoms. The van der Waals surface area contributed by atoms with E-state index in [1.807, 2.05) is 36.4 Å². The van der Waals surface area contributed by atoms with E-state index in [-0.39, 0.29) is 0 Å². The Bertz CT molecular complexity index is 785. The largest absolute Gasteiger partial charge is 0.493 e. The summed E-state index contributed by atoms with van der Waals surface area (Å²) in [5.41, 5.74) is 2.06. The van der Waals surface area contributed by atoms with Gasteiger partial charge in [-0.25, -0.2) is 0 Å². The van der Waals surface area contributed by atoms with Crippen molar-refractivity contribution < 1.29 is 9.47 Å². The van der Waals surface area contributed by atoms with Crippen LogP contribution in [0, 0.1) is 0 Å². The Hall–Kier alpha value is -1.46. The third kappa shape index (κ3) is 5.54. The molecular formula is C22H28Cl2N2O2. The molecule has 3 rings (SSSR count). The first-order valence-electron chi connectivity index (χ1n) is 9.79. The quantitative estimate of drug-likeness (QED) is 0.605. The summed E-state index contributed by atoms with van der Waals surface area (Å²) in [5, 5.41) is 4.79. The summed E-state index contributed by atoms with van der Waals surface area (Å²) in [6.45, 7) is 6.67. The fraction of sp³-hybridized carbons (Fsp3) is 0.455. The van der Waals surface area contributed by atoms with Gasteiger partial charge in [0.1, 0.15) is 6.61 Å². The molecule has 0 spiro atoms. The minimum absolute atomic E-state index is 0.378. The highest BCUT2D eigenvalue weighted by molar-refractivity contribution is 6.32. The standard InChI is InChI=1S/C22H28Cl2N2O2/c1-3-26-9-5-8-19(26)14-25-13-17-11-20(24)22(21(12-17)27-2)28-15-16-6-4-7-18(23)10-16/h4,6-7,10-12,19,25H,3,5,8-9,13-15H2,1-2H3/t19-/m0/s1. The molecule has 152 valence electrons. The normalized spacial score (nSPS) is 17.1. The second-order valence-electron chi connectivity index (χ2n) is 7.08. The zero-order chi connectivity index (χ0) is 19.9. The second kappa shape index (κ2) is 10.4. The fourth-order valence-electron chi connectivity index (χ4n) is 3.72. The minimum atomic E-state index is 0.378. The van der Waals surface area contributed by atoms with Crippen molar-refractivity contribution in [2.75, 3.05) is 26.7 Å². The van der Waals surface area contributed by atoms with E-state index in [0.29, 0.717) is 34.2 Å². The van der Waals surface area contributed by atoms with E-state index in [4.69, 9.17) is 32.7 Å². The Labute approximate surface area is 177 Å². The Morgan fingerprint density at radius 3 is 2.79 bits per heavy atom. The van der Waals surface area contributed by atoms with Crippen molar-refractivity contribution in [3.8, 4) is 11.5 Å². The van der Waals surface area contributed by atoms with E-state index in [1.54, 1.807) is 7.11 Å². The van der Waals surface area contributed by atoms with Gasteiger partial charge in [0.15, 0.2) is 11.5 Å². The Morgan fingerprint density at radius 2 is 2.04 bits per heavy atom. The highest BCUT2D eigenvalue weighted by Gasteiger charge is 2.22. The predicted molar refractivity (Wildman–Crippen MR) is 116 cm³/mol.